The standard InChI is InChI=1S/C57H64N6O12/c1-38(63(33-39-20-8-2-9-21-39)56(67)71-37-43-28-16-6-17-29-43)49-45(68-34-40-22-10-3-11-23-40)32-44(61-62-58)53(72-49)73-50-46(59-54(65)69-35-41-24-12-4-13-25-41)48(64)47(60-55(66)70-36-42-26-14-5-15-27-42)51-52(50)75-57(74-51)30-18-7-19-31-57/h2-6,8-17,20-29,38,44-53,64H,7,18-19,30-37H2,1H3,(H,59,65)(H,60,66)/t38-,44+,45-,46-,47+,48-,49+,50+,51-,52-,53+/m0/s1. The van der Waals surface area contributed by atoms with Gasteiger partial charge in [0.2, 0.25) is 0 Å². The van der Waals surface area contributed by atoms with Crippen LogP contribution in [0.5, 0.6) is 0 Å². The molecular weight excluding hydrogens is 961 g/mol. The molecule has 9 rings (SSSR count). The summed E-state index contributed by atoms with van der Waals surface area (Å²) in [5, 5.41) is 22.5. The minimum Gasteiger partial charge on any atom is -0.445 e. The molecule has 0 aromatic heterocycles. The monoisotopic (exact) mass is 1020 g/mol. The molecule has 18 nitrogen and oxygen atoms in total. The number of alkyl carbamates (subject to hydrolysis) is 2. The lowest BCUT2D eigenvalue weighted by molar-refractivity contribution is -0.286. The van der Waals surface area contributed by atoms with Crippen molar-refractivity contribution in [2.75, 3.05) is 0 Å². The maximum atomic E-state index is 14.4. The number of hydrogen-bond donors (Lipinski definition) is 3. The van der Waals surface area contributed by atoms with E-state index >= 15 is 0 Å². The van der Waals surface area contributed by atoms with Crippen LogP contribution in [0.4, 0.5) is 14.4 Å². The van der Waals surface area contributed by atoms with Gasteiger partial charge in [-0.1, -0.05) is 163 Å². The highest BCUT2D eigenvalue weighted by Crippen LogP contribution is 2.46. The number of fused-ring (bicyclic) bond motifs is 1. The maximum Gasteiger partial charge on any atom is 0.410 e. The molecule has 394 valence electrons. The summed E-state index contributed by atoms with van der Waals surface area (Å²) < 4.78 is 51.9. The Morgan fingerprint density at radius 3 is 1.69 bits per heavy atom. The fourth-order valence-electron chi connectivity index (χ4n) is 10.4. The first-order valence-electron chi connectivity index (χ1n) is 25.7. The lowest BCUT2D eigenvalue weighted by Crippen LogP contribution is -2.72. The van der Waals surface area contributed by atoms with Crippen LogP contribution in [0.3, 0.4) is 0 Å². The van der Waals surface area contributed by atoms with Crippen LogP contribution in [0.25, 0.3) is 10.4 Å². The fourth-order valence-corrected chi connectivity index (χ4v) is 10.4. The Balaban J connectivity index is 1.05. The molecule has 2 heterocycles. The number of aliphatic hydroxyl groups excluding tert-OH is 1. The average Bonchev–Trinajstić information content (AvgIpc) is 3.85. The van der Waals surface area contributed by atoms with Crippen molar-refractivity contribution in [3.8, 4) is 0 Å². The largest absolute Gasteiger partial charge is 0.445 e. The van der Waals surface area contributed by atoms with Crippen LogP contribution < -0.4 is 10.6 Å². The molecule has 3 amide bonds. The van der Waals surface area contributed by atoms with Gasteiger partial charge in [-0.25, -0.2) is 14.4 Å². The summed E-state index contributed by atoms with van der Waals surface area (Å²) in [6.07, 6.45) is -6.82. The van der Waals surface area contributed by atoms with Gasteiger partial charge in [0.15, 0.2) is 12.1 Å². The third-order valence-electron chi connectivity index (χ3n) is 14.2. The zero-order chi connectivity index (χ0) is 52.0. The van der Waals surface area contributed by atoms with E-state index in [0.717, 1.165) is 47.1 Å². The highest BCUT2D eigenvalue weighted by atomic mass is 16.8. The number of ether oxygens (including phenoxy) is 8. The molecule has 5 aromatic rings. The third-order valence-corrected chi connectivity index (χ3v) is 14.2. The van der Waals surface area contributed by atoms with E-state index in [0.29, 0.717) is 12.8 Å². The molecule has 0 unspecified atom stereocenters. The zero-order valence-corrected chi connectivity index (χ0v) is 41.8. The summed E-state index contributed by atoms with van der Waals surface area (Å²) in [4.78, 5) is 46.9. The first-order chi connectivity index (χ1) is 36.6. The van der Waals surface area contributed by atoms with Crippen LogP contribution in [0, 0.1) is 0 Å². The molecule has 18 heteroatoms. The zero-order valence-electron chi connectivity index (χ0n) is 41.8. The molecule has 2 aliphatic carbocycles. The van der Waals surface area contributed by atoms with Gasteiger partial charge in [0.1, 0.15) is 44.2 Å². The van der Waals surface area contributed by atoms with E-state index in [1.165, 1.54) is 0 Å². The Bertz CT molecular complexity index is 2650. The van der Waals surface area contributed by atoms with Gasteiger partial charge in [-0.15, -0.1) is 0 Å². The highest BCUT2D eigenvalue weighted by Gasteiger charge is 2.62. The Morgan fingerprint density at radius 1 is 0.680 bits per heavy atom. The van der Waals surface area contributed by atoms with Crippen LogP contribution in [0.15, 0.2) is 157 Å². The van der Waals surface area contributed by atoms with Crippen molar-refractivity contribution in [3.63, 3.8) is 0 Å². The molecule has 0 bridgehead atoms. The van der Waals surface area contributed by atoms with Crippen molar-refractivity contribution in [3.05, 3.63) is 190 Å². The molecule has 75 heavy (non-hydrogen) atoms. The highest BCUT2D eigenvalue weighted by molar-refractivity contribution is 5.69. The number of hydrogen-bond acceptors (Lipinski definition) is 13. The number of nitrogens with zero attached hydrogens (tertiary/aromatic N) is 4. The van der Waals surface area contributed by atoms with Crippen LogP contribution >= 0.6 is 0 Å². The minimum atomic E-state index is -1.61. The Labute approximate surface area is 436 Å². The number of amides is 3. The van der Waals surface area contributed by atoms with Crippen molar-refractivity contribution in [2.24, 2.45) is 5.11 Å². The summed E-state index contributed by atoms with van der Waals surface area (Å²) in [6.45, 7) is 2.01. The van der Waals surface area contributed by atoms with Crippen molar-refractivity contribution < 1.29 is 57.4 Å². The second-order valence-corrected chi connectivity index (χ2v) is 19.4. The van der Waals surface area contributed by atoms with Gasteiger partial charge in [-0.2, -0.15) is 0 Å². The lowest BCUT2D eigenvalue weighted by Gasteiger charge is -2.49. The number of nitrogens with one attached hydrogen (secondary N) is 2. The SMILES string of the molecule is C[C@@H]([C@H]1O[C@H](O[C@@H]2[C@@H](NC(=O)OCc3ccccc3)[C@H](O)[C@@H](NC(=O)OCc3ccccc3)[C@@H]3OC4(CCCCC4)O[C@@H]23)[C@H](N=[N+]=[N-])C[C@@H]1OCc1ccccc1)N(Cc1ccccc1)C(=O)OCc1ccccc1. The number of aliphatic hydroxyl groups is 1. The van der Waals surface area contributed by atoms with Gasteiger partial charge < -0.3 is 53.6 Å². The second-order valence-electron chi connectivity index (χ2n) is 19.4. The molecule has 4 fully saturated rings. The average molecular weight is 1030 g/mol. The van der Waals surface area contributed by atoms with E-state index in [-0.39, 0.29) is 39.4 Å². The molecular formula is C57H64N6O12. The van der Waals surface area contributed by atoms with Gasteiger partial charge in [0, 0.05) is 24.3 Å². The number of carbonyl (C=O) groups excluding carboxylic acids is 3. The van der Waals surface area contributed by atoms with Gasteiger partial charge in [0.25, 0.3) is 0 Å². The van der Waals surface area contributed by atoms with Gasteiger partial charge in [-0.3, -0.25) is 4.90 Å². The number of carbonyl (C=O) groups is 3. The van der Waals surface area contributed by atoms with Crippen molar-refractivity contribution >= 4 is 18.3 Å². The van der Waals surface area contributed by atoms with E-state index in [1.807, 2.05) is 159 Å². The molecule has 2 aliphatic heterocycles. The normalized spacial score (nSPS) is 26.1. The molecule has 2 saturated carbocycles. The van der Waals surface area contributed by atoms with Crippen LogP contribution in [-0.2, 0) is 70.9 Å². The van der Waals surface area contributed by atoms with Crippen molar-refractivity contribution in [2.45, 2.75) is 151 Å². The second kappa shape index (κ2) is 25.5. The number of benzene rings is 5. The quantitative estimate of drug-likeness (QED) is 0.0323. The maximum absolute atomic E-state index is 14.4. The molecule has 1 spiro atoms. The molecule has 11 atom stereocenters. The van der Waals surface area contributed by atoms with E-state index in [2.05, 4.69) is 20.7 Å². The van der Waals surface area contributed by atoms with Gasteiger partial charge in [0.05, 0.1) is 43.0 Å². The van der Waals surface area contributed by atoms with Crippen LogP contribution in [0.1, 0.15) is 73.3 Å². The predicted molar refractivity (Wildman–Crippen MR) is 273 cm³/mol. The Hall–Kier alpha value is -7.02. The molecule has 2 saturated heterocycles. The third kappa shape index (κ3) is 13.6. The van der Waals surface area contributed by atoms with E-state index in [1.54, 1.807) is 4.90 Å². The topological polar surface area (TPSA) is 221 Å². The van der Waals surface area contributed by atoms with Gasteiger partial charge >= 0.3 is 18.3 Å². The summed E-state index contributed by atoms with van der Waals surface area (Å²) in [7, 11) is 0. The van der Waals surface area contributed by atoms with Gasteiger partial charge in [-0.05, 0) is 59.5 Å². The van der Waals surface area contributed by atoms with Crippen LogP contribution in [-0.4, -0.2) is 101 Å². The van der Waals surface area contributed by atoms with E-state index < -0.39 is 91.1 Å². The predicted octanol–water partition coefficient (Wildman–Crippen LogP) is 9.39. The Kier molecular flexibility index (Phi) is 17.9. The molecule has 5 aromatic carbocycles. The molecule has 3 N–H and O–H groups in total. The fraction of sp³-hybridized carbons (Fsp3) is 0.421. The first-order valence-corrected chi connectivity index (χ1v) is 25.7. The summed E-state index contributed by atoms with van der Waals surface area (Å²) in [5.74, 6) is -1.12. The first kappa shape index (κ1) is 52.8. The van der Waals surface area contributed by atoms with Crippen LogP contribution in [0.2, 0.25) is 0 Å². The number of azide groups is 1. The molecule has 4 aliphatic rings. The summed E-state index contributed by atoms with van der Waals surface area (Å²) >= 11 is 0. The minimum absolute atomic E-state index is 0.0146. The van der Waals surface area contributed by atoms with E-state index in [4.69, 9.17) is 37.9 Å². The summed E-state index contributed by atoms with van der Waals surface area (Å²) in [5.41, 5.74) is 14.1. The molecule has 0 radical (unpaired) electrons. The lowest BCUT2D eigenvalue weighted by atomic mass is 9.81. The smallest absolute Gasteiger partial charge is 0.410 e. The van der Waals surface area contributed by atoms with Crippen molar-refractivity contribution in [1.82, 2.24) is 15.5 Å². The number of rotatable bonds is 18. The summed E-state index contributed by atoms with van der Waals surface area (Å²) in [6, 6.07) is 42.3. The van der Waals surface area contributed by atoms with E-state index in [9.17, 15) is 25.0 Å². The van der Waals surface area contributed by atoms with Crippen molar-refractivity contribution in [1.29, 1.82) is 0 Å². The Morgan fingerprint density at radius 2 is 1.16 bits per heavy atom.